The van der Waals surface area contributed by atoms with Crippen LogP contribution >= 0.6 is 0 Å². The summed E-state index contributed by atoms with van der Waals surface area (Å²) in [7, 11) is 0. The highest BCUT2D eigenvalue weighted by molar-refractivity contribution is 6.00. The third-order valence-electron chi connectivity index (χ3n) is 7.24. The second-order valence-corrected chi connectivity index (χ2v) is 9.28. The van der Waals surface area contributed by atoms with Gasteiger partial charge in [-0.1, -0.05) is 19.9 Å². The molecule has 36 heavy (non-hydrogen) atoms. The Hall–Kier alpha value is -3.79. The fourth-order valence-electron chi connectivity index (χ4n) is 4.75. The third kappa shape index (κ3) is 4.01. The monoisotopic (exact) mass is 492 g/mol. The maximum Gasteiger partial charge on any atom is 0.248 e. The number of hydrogen-bond donors (Lipinski definition) is 2. The maximum absolute atomic E-state index is 15.0. The SMILES string of the molecule is CCC1(C)C(C)=Nc2c(F)cc(-c3nc(Nc4ccc5c(n4)CCN(C(=O)CO)C5)ncc3F)cc21. The maximum atomic E-state index is 15.0. The minimum atomic E-state index is -0.666. The molecule has 2 aromatic heterocycles. The van der Waals surface area contributed by atoms with E-state index in [9.17, 15) is 13.6 Å². The van der Waals surface area contributed by atoms with Crippen molar-refractivity contribution in [3.63, 3.8) is 0 Å². The molecular weight excluding hydrogens is 466 g/mol. The lowest BCUT2D eigenvalue weighted by molar-refractivity contribution is -0.135. The van der Waals surface area contributed by atoms with E-state index in [0.717, 1.165) is 35.2 Å². The van der Waals surface area contributed by atoms with Crippen molar-refractivity contribution in [1.82, 2.24) is 19.9 Å². The van der Waals surface area contributed by atoms with Crippen LogP contribution in [0.2, 0.25) is 0 Å². The molecule has 0 saturated carbocycles. The van der Waals surface area contributed by atoms with E-state index < -0.39 is 23.7 Å². The van der Waals surface area contributed by atoms with Gasteiger partial charge in [-0.2, -0.15) is 0 Å². The van der Waals surface area contributed by atoms with E-state index >= 15 is 0 Å². The number of aliphatic imine (C=N–C) groups is 1. The zero-order valence-corrected chi connectivity index (χ0v) is 20.3. The fraction of sp³-hybridized carbons (Fsp3) is 0.346. The Morgan fingerprint density at radius 2 is 2.03 bits per heavy atom. The van der Waals surface area contributed by atoms with Crippen molar-refractivity contribution in [3.8, 4) is 11.3 Å². The van der Waals surface area contributed by atoms with Crippen LogP contribution in [0.3, 0.4) is 0 Å². The number of aliphatic hydroxyl groups excluding tert-OH is 1. The Kier molecular flexibility index (Phi) is 5.99. The average Bonchev–Trinajstić information content (AvgIpc) is 3.15. The fourth-order valence-corrected chi connectivity index (χ4v) is 4.75. The van der Waals surface area contributed by atoms with Gasteiger partial charge in [0.2, 0.25) is 11.9 Å². The van der Waals surface area contributed by atoms with Crippen LogP contribution in [0.5, 0.6) is 0 Å². The van der Waals surface area contributed by atoms with Crippen LogP contribution < -0.4 is 5.32 Å². The Balaban J connectivity index is 1.43. The molecule has 0 aliphatic carbocycles. The molecule has 1 unspecified atom stereocenters. The van der Waals surface area contributed by atoms with E-state index in [4.69, 9.17) is 5.11 Å². The zero-order valence-electron chi connectivity index (χ0n) is 20.3. The summed E-state index contributed by atoms with van der Waals surface area (Å²) in [5.74, 6) is -0.911. The van der Waals surface area contributed by atoms with Crippen LogP contribution in [0.1, 0.15) is 44.0 Å². The van der Waals surface area contributed by atoms with Crippen LogP contribution in [0.25, 0.3) is 11.3 Å². The van der Waals surface area contributed by atoms with Crippen LogP contribution in [0.4, 0.5) is 26.2 Å². The van der Waals surface area contributed by atoms with Gasteiger partial charge in [0.25, 0.3) is 0 Å². The predicted molar refractivity (Wildman–Crippen MR) is 132 cm³/mol. The van der Waals surface area contributed by atoms with Gasteiger partial charge < -0.3 is 15.3 Å². The molecular formula is C26H26F2N6O2. The topological polar surface area (TPSA) is 104 Å². The summed E-state index contributed by atoms with van der Waals surface area (Å²) in [6.07, 6.45) is 2.32. The molecule has 0 bridgehead atoms. The third-order valence-corrected chi connectivity index (χ3v) is 7.24. The first-order chi connectivity index (χ1) is 17.2. The quantitative estimate of drug-likeness (QED) is 0.553. The summed E-state index contributed by atoms with van der Waals surface area (Å²) < 4.78 is 29.8. The van der Waals surface area contributed by atoms with Crippen LogP contribution in [0, 0.1) is 11.6 Å². The number of benzene rings is 1. The molecule has 0 fully saturated rings. The molecule has 10 heteroatoms. The van der Waals surface area contributed by atoms with E-state index in [1.165, 1.54) is 6.07 Å². The summed E-state index contributed by atoms with van der Waals surface area (Å²) in [6, 6.07) is 6.58. The van der Waals surface area contributed by atoms with E-state index in [1.54, 1.807) is 17.0 Å². The number of hydrogen-bond acceptors (Lipinski definition) is 7. The molecule has 0 spiro atoms. The number of halogens is 2. The number of pyridine rings is 1. The number of amides is 1. The molecule has 8 nitrogen and oxygen atoms in total. The van der Waals surface area contributed by atoms with Crippen molar-refractivity contribution >= 4 is 29.1 Å². The molecule has 1 amide bonds. The van der Waals surface area contributed by atoms with Gasteiger partial charge in [0.15, 0.2) is 5.82 Å². The number of fused-ring (bicyclic) bond motifs is 2. The van der Waals surface area contributed by atoms with Crippen molar-refractivity contribution in [2.75, 3.05) is 18.5 Å². The second kappa shape index (κ2) is 9.02. The van der Waals surface area contributed by atoms with Gasteiger partial charge >= 0.3 is 0 Å². The van der Waals surface area contributed by atoms with Crippen molar-refractivity contribution < 1.29 is 18.7 Å². The van der Waals surface area contributed by atoms with Gasteiger partial charge in [0.1, 0.15) is 29.6 Å². The molecule has 2 N–H and O–H groups in total. The minimum absolute atomic E-state index is 0.0201. The first-order valence-corrected chi connectivity index (χ1v) is 11.8. The molecule has 0 radical (unpaired) electrons. The van der Waals surface area contributed by atoms with Crippen molar-refractivity contribution in [1.29, 1.82) is 0 Å². The number of aromatic nitrogens is 3. The normalized spacial score (nSPS) is 18.5. The number of carbonyl (C=O) groups excluding carboxylic acids is 1. The summed E-state index contributed by atoms with van der Waals surface area (Å²) in [6.45, 7) is 6.21. The molecule has 186 valence electrons. The van der Waals surface area contributed by atoms with Crippen molar-refractivity contribution in [2.45, 2.75) is 45.6 Å². The molecule has 0 saturated heterocycles. The number of nitrogens with zero attached hydrogens (tertiary/aromatic N) is 5. The Labute approximate surface area is 207 Å². The van der Waals surface area contributed by atoms with Gasteiger partial charge in [-0.05, 0) is 42.7 Å². The highest BCUT2D eigenvalue weighted by Crippen LogP contribution is 2.45. The number of rotatable bonds is 5. The van der Waals surface area contributed by atoms with E-state index in [2.05, 4.69) is 25.3 Å². The molecule has 4 heterocycles. The minimum Gasteiger partial charge on any atom is -0.387 e. The lowest BCUT2D eigenvalue weighted by atomic mass is 9.77. The van der Waals surface area contributed by atoms with E-state index in [-0.39, 0.29) is 17.5 Å². The van der Waals surface area contributed by atoms with E-state index in [1.807, 2.05) is 26.8 Å². The molecule has 2 aliphatic heterocycles. The summed E-state index contributed by atoms with van der Waals surface area (Å²) in [5, 5.41) is 12.1. The average molecular weight is 493 g/mol. The number of carbonyl (C=O) groups is 1. The van der Waals surface area contributed by atoms with Crippen molar-refractivity contribution in [2.24, 2.45) is 4.99 Å². The van der Waals surface area contributed by atoms with Crippen molar-refractivity contribution in [3.05, 3.63) is 58.9 Å². The molecule has 2 aliphatic rings. The van der Waals surface area contributed by atoms with E-state index in [0.29, 0.717) is 36.6 Å². The van der Waals surface area contributed by atoms with Gasteiger partial charge in [-0.3, -0.25) is 9.79 Å². The van der Waals surface area contributed by atoms with Gasteiger partial charge in [0.05, 0.1) is 6.20 Å². The first-order valence-electron chi connectivity index (χ1n) is 11.8. The highest BCUT2D eigenvalue weighted by Gasteiger charge is 2.37. The lowest BCUT2D eigenvalue weighted by Gasteiger charge is -2.28. The number of nitrogens with one attached hydrogen (secondary N) is 1. The van der Waals surface area contributed by atoms with Crippen LogP contribution in [-0.4, -0.2) is 49.7 Å². The summed E-state index contributed by atoms with van der Waals surface area (Å²) >= 11 is 0. The molecule has 3 aromatic rings. The first kappa shape index (κ1) is 23.9. The highest BCUT2D eigenvalue weighted by atomic mass is 19.1. The molecule has 1 aromatic carbocycles. The standard InChI is InChI=1S/C26H26F2N6O2/c1-4-26(3)14(2)30-24-17(26)9-16(10-18(24)27)23-19(28)11-29-25(33-23)32-21-6-5-15-12-34(22(36)13-35)8-7-20(15)31-21/h5-6,9-11,35H,4,7-8,12-13H2,1-3H3,(H,29,31,32,33). The largest absolute Gasteiger partial charge is 0.387 e. The Morgan fingerprint density at radius 1 is 1.22 bits per heavy atom. The predicted octanol–water partition coefficient (Wildman–Crippen LogP) is 4.21. The number of aliphatic hydroxyl groups is 1. The van der Waals surface area contributed by atoms with Crippen LogP contribution in [-0.2, 0) is 23.2 Å². The summed E-state index contributed by atoms with van der Waals surface area (Å²) in [5.41, 5.74) is 3.41. The lowest BCUT2D eigenvalue weighted by Crippen LogP contribution is -2.37. The number of anilines is 2. The Bertz CT molecular complexity index is 1410. The Morgan fingerprint density at radius 3 is 2.78 bits per heavy atom. The summed E-state index contributed by atoms with van der Waals surface area (Å²) in [4.78, 5) is 30.7. The smallest absolute Gasteiger partial charge is 0.248 e. The van der Waals surface area contributed by atoms with Gasteiger partial charge in [0, 0.05) is 41.9 Å². The van der Waals surface area contributed by atoms with Gasteiger partial charge in [-0.25, -0.2) is 23.7 Å². The van der Waals surface area contributed by atoms with Crippen LogP contribution in [0.15, 0.2) is 35.5 Å². The molecule has 5 rings (SSSR count). The second-order valence-electron chi connectivity index (χ2n) is 9.28. The van der Waals surface area contributed by atoms with Gasteiger partial charge in [-0.15, -0.1) is 0 Å². The molecule has 1 atom stereocenters. The zero-order chi connectivity index (χ0) is 25.6.